The highest BCUT2D eigenvalue weighted by atomic mass is 16.4. The van der Waals surface area contributed by atoms with Crippen LogP contribution in [-0.4, -0.2) is 44.8 Å². The van der Waals surface area contributed by atoms with E-state index in [1.165, 1.54) is 4.90 Å². The predicted molar refractivity (Wildman–Crippen MR) is 68.3 cm³/mol. The third-order valence-corrected chi connectivity index (χ3v) is 3.04. The number of rotatable bonds is 6. The summed E-state index contributed by atoms with van der Waals surface area (Å²) in [6.45, 7) is -0.396. The van der Waals surface area contributed by atoms with Crippen LogP contribution in [0.5, 0.6) is 0 Å². The Hall–Kier alpha value is -2.38. The molecule has 0 bridgehead atoms. The normalized spacial score (nSPS) is 14.0. The minimum absolute atomic E-state index is 0.338. The van der Waals surface area contributed by atoms with Crippen LogP contribution in [0.3, 0.4) is 0 Å². The van der Waals surface area contributed by atoms with Gasteiger partial charge in [0.05, 0.1) is 0 Å². The van der Waals surface area contributed by atoms with Crippen LogP contribution in [0.4, 0.5) is 0 Å². The molecule has 0 unspecified atom stereocenters. The molecule has 0 radical (unpaired) electrons. The van der Waals surface area contributed by atoms with Crippen LogP contribution in [0.1, 0.15) is 12.8 Å². The van der Waals surface area contributed by atoms with Gasteiger partial charge in [-0.1, -0.05) is 0 Å². The SMILES string of the molecule is O=C(O)CN(CC1CC1)C(=O)Cn1[nH]c(=O)ccc1=O. The molecule has 0 aromatic carbocycles. The van der Waals surface area contributed by atoms with E-state index in [4.69, 9.17) is 5.11 Å². The third-order valence-electron chi connectivity index (χ3n) is 3.04. The Morgan fingerprint density at radius 3 is 2.65 bits per heavy atom. The highest BCUT2D eigenvalue weighted by Gasteiger charge is 2.28. The first kappa shape index (κ1) is 14.0. The average Bonchev–Trinajstić information content (AvgIpc) is 3.16. The molecule has 8 heteroatoms. The number of carboxylic acid groups (broad SMARTS) is 1. The van der Waals surface area contributed by atoms with E-state index in [0.29, 0.717) is 12.5 Å². The summed E-state index contributed by atoms with van der Waals surface area (Å²) in [5.74, 6) is -1.26. The van der Waals surface area contributed by atoms with Crippen molar-refractivity contribution in [1.82, 2.24) is 14.7 Å². The number of aromatic amines is 1. The van der Waals surface area contributed by atoms with E-state index in [1.807, 2.05) is 0 Å². The molecular formula is C12H15N3O5. The van der Waals surface area contributed by atoms with Crippen LogP contribution < -0.4 is 11.1 Å². The number of hydrogen-bond donors (Lipinski definition) is 2. The smallest absolute Gasteiger partial charge is 0.323 e. The van der Waals surface area contributed by atoms with Gasteiger partial charge >= 0.3 is 5.97 Å². The van der Waals surface area contributed by atoms with E-state index < -0.39 is 29.5 Å². The second-order valence-electron chi connectivity index (χ2n) is 4.85. The minimum Gasteiger partial charge on any atom is -0.480 e. The van der Waals surface area contributed by atoms with Gasteiger partial charge in [0.1, 0.15) is 13.1 Å². The molecule has 2 N–H and O–H groups in total. The quantitative estimate of drug-likeness (QED) is 0.684. The average molecular weight is 281 g/mol. The Kier molecular flexibility index (Phi) is 4.02. The van der Waals surface area contributed by atoms with Crippen molar-refractivity contribution in [3.05, 3.63) is 32.8 Å². The summed E-state index contributed by atoms with van der Waals surface area (Å²) < 4.78 is 0.881. The number of carbonyl (C=O) groups is 2. The molecular weight excluding hydrogens is 266 g/mol. The lowest BCUT2D eigenvalue weighted by Gasteiger charge is -2.20. The summed E-state index contributed by atoms with van der Waals surface area (Å²) in [5.41, 5.74) is -1.01. The van der Waals surface area contributed by atoms with Gasteiger partial charge < -0.3 is 10.0 Å². The number of nitrogens with one attached hydrogen (secondary N) is 1. The van der Waals surface area contributed by atoms with Crippen molar-refractivity contribution in [3.63, 3.8) is 0 Å². The zero-order chi connectivity index (χ0) is 14.7. The molecule has 1 aromatic rings. The van der Waals surface area contributed by atoms with Crippen LogP contribution in [0.2, 0.25) is 0 Å². The maximum absolute atomic E-state index is 12.1. The van der Waals surface area contributed by atoms with Gasteiger partial charge in [-0.05, 0) is 18.8 Å². The van der Waals surface area contributed by atoms with E-state index in [-0.39, 0.29) is 6.54 Å². The van der Waals surface area contributed by atoms with Gasteiger partial charge in [0.15, 0.2) is 0 Å². The van der Waals surface area contributed by atoms with E-state index >= 15 is 0 Å². The van der Waals surface area contributed by atoms with Gasteiger partial charge in [-0.3, -0.25) is 24.3 Å². The minimum atomic E-state index is -1.10. The Bertz CT molecular complexity index is 628. The fourth-order valence-electron chi connectivity index (χ4n) is 1.84. The number of aliphatic carboxylic acids is 1. The van der Waals surface area contributed by atoms with E-state index in [0.717, 1.165) is 29.7 Å². The number of nitrogens with zero attached hydrogens (tertiary/aromatic N) is 2. The first-order chi connectivity index (χ1) is 9.45. The highest BCUT2D eigenvalue weighted by molar-refractivity contribution is 5.81. The standard InChI is InChI=1S/C12H15N3O5/c16-9-3-4-10(17)15(13-9)6-11(18)14(7-12(19)20)5-8-1-2-8/h3-4,8H,1-2,5-7H2,(H,13,16)(H,19,20). The monoisotopic (exact) mass is 281 g/mol. The van der Waals surface area contributed by atoms with Crippen molar-refractivity contribution in [2.24, 2.45) is 5.92 Å². The molecule has 0 atom stereocenters. The maximum atomic E-state index is 12.1. The van der Waals surface area contributed by atoms with Gasteiger partial charge in [0.25, 0.3) is 11.1 Å². The summed E-state index contributed by atoms with van der Waals surface area (Å²) in [6, 6.07) is 2.14. The zero-order valence-electron chi connectivity index (χ0n) is 10.7. The number of aromatic nitrogens is 2. The number of H-pyrrole nitrogens is 1. The van der Waals surface area contributed by atoms with E-state index in [1.54, 1.807) is 0 Å². The molecule has 1 fully saturated rings. The lowest BCUT2D eigenvalue weighted by atomic mass is 10.3. The van der Waals surface area contributed by atoms with Gasteiger partial charge in [0.2, 0.25) is 5.91 Å². The molecule has 0 spiro atoms. The number of hydrogen-bond acceptors (Lipinski definition) is 4. The molecule has 20 heavy (non-hydrogen) atoms. The molecule has 1 amide bonds. The molecule has 8 nitrogen and oxygen atoms in total. The summed E-state index contributed by atoms with van der Waals surface area (Å²) in [6.07, 6.45) is 1.96. The fraction of sp³-hybridized carbons (Fsp3) is 0.500. The fourth-order valence-corrected chi connectivity index (χ4v) is 1.84. The summed E-state index contributed by atoms with van der Waals surface area (Å²) >= 11 is 0. The Morgan fingerprint density at radius 1 is 1.35 bits per heavy atom. The van der Waals surface area contributed by atoms with Crippen LogP contribution in [0, 0.1) is 5.92 Å². The van der Waals surface area contributed by atoms with Crippen LogP contribution in [-0.2, 0) is 16.1 Å². The largest absolute Gasteiger partial charge is 0.480 e. The van der Waals surface area contributed by atoms with Crippen LogP contribution >= 0.6 is 0 Å². The highest BCUT2D eigenvalue weighted by Crippen LogP contribution is 2.29. The summed E-state index contributed by atoms with van der Waals surface area (Å²) in [4.78, 5) is 46.6. The molecule has 1 aliphatic carbocycles. The molecule has 0 saturated heterocycles. The second-order valence-corrected chi connectivity index (χ2v) is 4.85. The van der Waals surface area contributed by atoms with Gasteiger partial charge in [-0.2, -0.15) is 0 Å². The second kappa shape index (κ2) is 5.72. The third kappa shape index (κ3) is 3.81. The number of carbonyl (C=O) groups excluding carboxylic acids is 1. The van der Waals surface area contributed by atoms with Crippen LogP contribution in [0.15, 0.2) is 21.7 Å². The zero-order valence-corrected chi connectivity index (χ0v) is 10.7. The van der Waals surface area contributed by atoms with Gasteiger partial charge in [0, 0.05) is 18.7 Å². The first-order valence-corrected chi connectivity index (χ1v) is 6.25. The molecule has 1 heterocycles. The summed E-state index contributed by atoms with van der Waals surface area (Å²) in [5, 5.41) is 11.0. The molecule has 1 saturated carbocycles. The molecule has 108 valence electrons. The van der Waals surface area contributed by atoms with Crippen LogP contribution in [0.25, 0.3) is 0 Å². The Morgan fingerprint density at radius 2 is 2.05 bits per heavy atom. The molecule has 2 rings (SSSR count). The number of amides is 1. The van der Waals surface area contributed by atoms with E-state index in [9.17, 15) is 19.2 Å². The van der Waals surface area contributed by atoms with Crippen molar-refractivity contribution in [2.75, 3.05) is 13.1 Å². The van der Waals surface area contributed by atoms with Crippen molar-refractivity contribution >= 4 is 11.9 Å². The van der Waals surface area contributed by atoms with Crippen molar-refractivity contribution in [2.45, 2.75) is 19.4 Å². The Balaban J connectivity index is 2.10. The number of carboxylic acids is 1. The maximum Gasteiger partial charge on any atom is 0.323 e. The lowest BCUT2D eigenvalue weighted by Crippen LogP contribution is -2.42. The van der Waals surface area contributed by atoms with Crippen molar-refractivity contribution in [1.29, 1.82) is 0 Å². The first-order valence-electron chi connectivity index (χ1n) is 6.25. The summed E-state index contributed by atoms with van der Waals surface area (Å²) in [7, 11) is 0. The lowest BCUT2D eigenvalue weighted by molar-refractivity contribution is -0.145. The van der Waals surface area contributed by atoms with Crippen molar-refractivity contribution in [3.8, 4) is 0 Å². The van der Waals surface area contributed by atoms with E-state index in [2.05, 4.69) is 5.10 Å². The Labute approximate surface area is 113 Å². The topological polar surface area (TPSA) is 112 Å². The molecule has 0 aliphatic heterocycles. The van der Waals surface area contributed by atoms with Gasteiger partial charge in [-0.15, -0.1) is 0 Å². The predicted octanol–water partition coefficient (Wildman–Crippen LogP) is -1.14. The van der Waals surface area contributed by atoms with Gasteiger partial charge in [-0.25, -0.2) is 4.68 Å². The molecule has 1 aromatic heterocycles. The van der Waals surface area contributed by atoms with Crippen molar-refractivity contribution < 1.29 is 14.7 Å². The molecule has 1 aliphatic rings.